The van der Waals surface area contributed by atoms with Gasteiger partial charge in [-0.1, -0.05) is 0 Å². The molecule has 126 valence electrons. The number of ether oxygens (including phenoxy) is 1. The van der Waals surface area contributed by atoms with Crippen molar-refractivity contribution in [2.45, 2.75) is 65.3 Å². The fourth-order valence-electron chi connectivity index (χ4n) is 1.93. The van der Waals surface area contributed by atoms with E-state index in [1.165, 1.54) is 6.20 Å². The molecule has 7 nitrogen and oxygen atoms in total. The second kappa shape index (κ2) is 5.76. The molecule has 1 aliphatic heterocycles. The number of carbonyl (C=O) groups excluding carboxylic acids is 1. The Morgan fingerprint density at radius 2 is 1.74 bits per heavy atom. The van der Waals surface area contributed by atoms with Crippen molar-refractivity contribution in [1.29, 1.82) is 0 Å². The first kappa shape index (κ1) is 17.7. The summed E-state index contributed by atoms with van der Waals surface area (Å²) in [5.41, 5.74) is -1.01. The predicted molar refractivity (Wildman–Crippen MR) is 87.6 cm³/mol. The second-order valence-corrected chi connectivity index (χ2v) is 7.54. The summed E-state index contributed by atoms with van der Waals surface area (Å²) in [6, 6.07) is 0. The highest BCUT2D eigenvalue weighted by molar-refractivity contribution is 6.61. The summed E-state index contributed by atoms with van der Waals surface area (Å²) in [5.74, 6) is 0.284. The first-order valence-corrected chi connectivity index (χ1v) is 7.57. The van der Waals surface area contributed by atoms with Gasteiger partial charge in [-0.3, -0.25) is 10.3 Å². The van der Waals surface area contributed by atoms with Crippen molar-refractivity contribution in [1.82, 2.24) is 9.97 Å². The van der Waals surface area contributed by atoms with Crippen LogP contribution >= 0.6 is 0 Å². The van der Waals surface area contributed by atoms with E-state index in [4.69, 9.17) is 14.0 Å². The number of aromatic nitrogens is 2. The normalized spacial score (nSPS) is 19.5. The van der Waals surface area contributed by atoms with Crippen LogP contribution in [0.2, 0.25) is 0 Å². The molecule has 0 aromatic carbocycles. The molecule has 1 N–H and O–H groups in total. The van der Waals surface area contributed by atoms with Gasteiger partial charge in [-0.25, -0.2) is 9.78 Å². The van der Waals surface area contributed by atoms with Gasteiger partial charge in [0.15, 0.2) is 5.82 Å². The third-order valence-electron chi connectivity index (χ3n) is 3.78. The number of nitrogens with zero attached hydrogens (tertiary/aromatic N) is 2. The van der Waals surface area contributed by atoms with Crippen molar-refractivity contribution in [3.8, 4) is 0 Å². The van der Waals surface area contributed by atoms with E-state index >= 15 is 0 Å². The molecule has 0 unspecified atom stereocenters. The molecule has 1 aromatic rings. The quantitative estimate of drug-likeness (QED) is 0.840. The summed E-state index contributed by atoms with van der Waals surface area (Å²) in [6.07, 6.45) is 2.42. The molecule has 0 atom stereocenters. The van der Waals surface area contributed by atoms with Gasteiger partial charge < -0.3 is 14.0 Å². The van der Waals surface area contributed by atoms with Crippen molar-refractivity contribution in [2.24, 2.45) is 0 Å². The number of hydrogen-bond acceptors (Lipinski definition) is 6. The SMILES string of the molecule is CC(C)(C)OC(=O)Nc1cncc(B2OC(C)(C)C(C)(C)O2)n1. The van der Waals surface area contributed by atoms with Crippen LogP contribution in [0.4, 0.5) is 10.6 Å². The largest absolute Gasteiger partial charge is 0.516 e. The minimum Gasteiger partial charge on any atom is -0.444 e. The topological polar surface area (TPSA) is 82.6 Å². The Bertz CT molecular complexity index is 583. The Kier molecular flexibility index (Phi) is 4.43. The molecule has 2 heterocycles. The predicted octanol–water partition coefficient (Wildman–Crippen LogP) is 2.12. The van der Waals surface area contributed by atoms with Crippen LogP contribution in [-0.2, 0) is 14.0 Å². The van der Waals surface area contributed by atoms with Crippen LogP contribution < -0.4 is 10.9 Å². The van der Waals surface area contributed by atoms with E-state index in [1.54, 1.807) is 27.0 Å². The lowest BCUT2D eigenvalue weighted by Gasteiger charge is -2.32. The van der Waals surface area contributed by atoms with Crippen molar-refractivity contribution in [2.75, 3.05) is 5.32 Å². The highest BCUT2D eigenvalue weighted by Crippen LogP contribution is 2.36. The van der Waals surface area contributed by atoms with E-state index in [1.807, 2.05) is 27.7 Å². The van der Waals surface area contributed by atoms with Gasteiger partial charge in [0.1, 0.15) is 5.60 Å². The molecule has 1 saturated heterocycles. The summed E-state index contributed by atoms with van der Waals surface area (Å²) in [7, 11) is -0.632. The highest BCUT2D eigenvalue weighted by Gasteiger charge is 2.52. The average molecular weight is 321 g/mol. The highest BCUT2D eigenvalue weighted by atomic mass is 16.7. The number of amides is 1. The smallest absolute Gasteiger partial charge is 0.444 e. The third-order valence-corrected chi connectivity index (χ3v) is 3.78. The van der Waals surface area contributed by atoms with Gasteiger partial charge in [0.25, 0.3) is 0 Å². The molecule has 23 heavy (non-hydrogen) atoms. The minimum absolute atomic E-state index is 0.284. The van der Waals surface area contributed by atoms with Crippen LogP contribution in [0, 0.1) is 0 Å². The summed E-state index contributed by atoms with van der Waals surface area (Å²) in [4.78, 5) is 20.2. The standard InChI is InChI=1S/C15H24BN3O4/c1-13(2,3)21-12(20)19-11-9-17-8-10(18-11)16-22-14(4,5)15(6,7)23-16/h8-9H,1-7H3,(H,18,19,20). The van der Waals surface area contributed by atoms with Crippen molar-refractivity contribution in [3.63, 3.8) is 0 Å². The fraction of sp³-hybridized carbons (Fsp3) is 0.667. The second-order valence-electron chi connectivity index (χ2n) is 7.54. The molecule has 0 radical (unpaired) electrons. The van der Waals surface area contributed by atoms with E-state index in [9.17, 15) is 4.79 Å². The Labute approximate surface area is 137 Å². The van der Waals surface area contributed by atoms with Gasteiger partial charge in [0.05, 0.1) is 23.0 Å². The van der Waals surface area contributed by atoms with E-state index in [0.717, 1.165) is 0 Å². The molecule has 0 aliphatic carbocycles. The van der Waals surface area contributed by atoms with Gasteiger partial charge in [-0.05, 0) is 48.5 Å². The van der Waals surface area contributed by atoms with Crippen LogP contribution in [0.15, 0.2) is 12.4 Å². The van der Waals surface area contributed by atoms with Crippen LogP contribution in [0.5, 0.6) is 0 Å². The van der Waals surface area contributed by atoms with Gasteiger partial charge in [0, 0.05) is 6.20 Å². The summed E-state index contributed by atoms with van der Waals surface area (Å²) >= 11 is 0. The van der Waals surface area contributed by atoms with Crippen molar-refractivity contribution in [3.05, 3.63) is 12.4 Å². The molecule has 1 amide bonds. The van der Waals surface area contributed by atoms with E-state index < -0.39 is 30.0 Å². The molecule has 0 spiro atoms. The lowest BCUT2D eigenvalue weighted by Crippen LogP contribution is -2.41. The third kappa shape index (κ3) is 4.20. The molecule has 1 fully saturated rings. The van der Waals surface area contributed by atoms with Gasteiger partial charge in [-0.15, -0.1) is 0 Å². The maximum atomic E-state index is 11.8. The van der Waals surface area contributed by atoms with Gasteiger partial charge in [-0.2, -0.15) is 0 Å². The van der Waals surface area contributed by atoms with Crippen LogP contribution in [0.3, 0.4) is 0 Å². The zero-order valence-electron chi connectivity index (χ0n) is 14.8. The molecule has 0 bridgehead atoms. The Morgan fingerprint density at radius 3 is 2.26 bits per heavy atom. The maximum Gasteiger partial charge on any atom is 0.516 e. The first-order valence-electron chi connectivity index (χ1n) is 7.57. The van der Waals surface area contributed by atoms with E-state index in [2.05, 4.69) is 15.3 Å². The van der Waals surface area contributed by atoms with Gasteiger partial charge >= 0.3 is 13.2 Å². The molecule has 0 saturated carbocycles. The maximum absolute atomic E-state index is 11.8. The number of nitrogens with one attached hydrogen (secondary N) is 1. The van der Waals surface area contributed by atoms with Crippen molar-refractivity contribution < 1.29 is 18.8 Å². The van der Waals surface area contributed by atoms with Gasteiger partial charge in [0.2, 0.25) is 0 Å². The van der Waals surface area contributed by atoms with Crippen molar-refractivity contribution >= 4 is 24.6 Å². The molecular formula is C15H24BN3O4. The average Bonchev–Trinajstić information content (AvgIpc) is 2.56. The molecule has 8 heteroatoms. The fourth-order valence-corrected chi connectivity index (χ4v) is 1.93. The minimum atomic E-state index is -0.632. The number of anilines is 1. The molecular weight excluding hydrogens is 297 g/mol. The summed E-state index contributed by atoms with van der Waals surface area (Å²) in [6.45, 7) is 13.2. The van der Waals surface area contributed by atoms with E-state index in [-0.39, 0.29) is 5.82 Å². The lowest BCUT2D eigenvalue weighted by molar-refractivity contribution is 0.00578. The lowest BCUT2D eigenvalue weighted by atomic mass is 9.85. The zero-order chi connectivity index (χ0) is 17.5. The first-order chi connectivity index (χ1) is 10.4. The molecule has 1 aliphatic rings. The zero-order valence-corrected chi connectivity index (χ0v) is 14.8. The van der Waals surface area contributed by atoms with Crippen LogP contribution in [-0.4, -0.2) is 40.0 Å². The number of carbonyl (C=O) groups is 1. The molecule has 2 rings (SSSR count). The molecule has 1 aromatic heterocycles. The summed E-state index contributed by atoms with van der Waals surface area (Å²) < 4.78 is 17.0. The summed E-state index contributed by atoms with van der Waals surface area (Å²) in [5, 5.41) is 2.56. The number of rotatable bonds is 2. The Hall–Kier alpha value is -1.67. The van der Waals surface area contributed by atoms with E-state index in [0.29, 0.717) is 5.59 Å². The number of hydrogen-bond donors (Lipinski definition) is 1. The monoisotopic (exact) mass is 321 g/mol. The Balaban J connectivity index is 2.11. The Morgan fingerprint density at radius 1 is 1.17 bits per heavy atom. The van der Waals surface area contributed by atoms with Crippen LogP contribution in [0.1, 0.15) is 48.5 Å². The van der Waals surface area contributed by atoms with Crippen LogP contribution in [0.25, 0.3) is 0 Å².